The maximum absolute atomic E-state index is 14.2. The highest BCUT2D eigenvalue weighted by Gasteiger charge is 2.23. The van der Waals surface area contributed by atoms with E-state index in [0.29, 0.717) is 17.0 Å². The Bertz CT molecular complexity index is 772. The van der Waals surface area contributed by atoms with Crippen molar-refractivity contribution in [3.05, 3.63) is 48.5 Å². The topological polar surface area (TPSA) is 74.2 Å². The van der Waals surface area contributed by atoms with Gasteiger partial charge in [-0.3, -0.25) is 4.98 Å². The fraction of sp³-hybridized carbons (Fsp3) is 0.0667. The lowest BCUT2D eigenvalue weighted by Crippen LogP contribution is -1.94. The number of rotatable bonds is 3. The molecular formula is C15H12FN3O2. The van der Waals surface area contributed by atoms with Gasteiger partial charge in [0.25, 0.3) is 0 Å². The Morgan fingerprint density at radius 2 is 1.90 bits per heavy atom. The quantitative estimate of drug-likeness (QED) is 0.800. The first-order valence-electron chi connectivity index (χ1n) is 6.20. The molecule has 0 aliphatic carbocycles. The summed E-state index contributed by atoms with van der Waals surface area (Å²) in [5.74, 6) is 0.0121. The maximum Gasteiger partial charge on any atom is 0.230 e. The third-order valence-corrected chi connectivity index (χ3v) is 3.12. The van der Waals surface area contributed by atoms with E-state index in [1.165, 1.54) is 13.2 Å². The highest BCUT2D eigenvalue weighted by atomic mass is 19.1. The van der Waals surface area contributed by atoms with Crippen LogP contribution in [0.15, 0.2) is 47.2 Å². The summed E-state index contributed by atoms with van der Waals surface area (Å²) in [4.78, 5) is 3.95. The average Bonchev–Trinajstić information content (AvgIpc) is 2.89. The second kappa shape index (κ2) is 5.24. The normalized spacial score (nSPS) is 10.6. The van der Waals surface area contributed by atoms with Gasteiger partial charge in [-0.25, -0.2) is 4.39 Å². The Balaban J connectivity index is 2.27. The molecule has 0 radical (unpaired) electrons. The first kappa shape index (κ1) is 13.1. The van der Waals surface area contributed by atoms with Crippen molar-refractivity contribution >= 4 is 5.88 Å². The lowest BCUT2D eigenvalue weighted by molar-refractivity contribution is 0.410. The fourth-order valence-electron chi connectivity index (χ4n) is 2.18. The van der Waals surface area contributed by atoms with Crippen molar-refractivity contribution in [3.63, 3.8) is 0 Å². The number of ether oxygens (including phenoxy) is 1. The van der Waals surface area contributed by atoms with Gasteiger partial charge in [0.05, 0.1) is 18.2 Å². The molecule has 5 nitrogen and oxygen atoms in total. The second-order valence-electron chi connectivity index (χ2n) is 4.32. The summed E-state index contributed by atoms with van der Waals surface area (Å²) in [6, 6.07) is 8.05. The van der Waals surface area contributed by atoms with Crippen molar-refractivity contribution in [2.24, 2.45) is 0 Å². The van der Waals surface area contributed by atoms with Crippen molar-refractivity contribution in [1.29, 1.82) is 0 Å². The minimum Gasteiger partial charge on any atom is -0.496 e. The number of hydrogen-bond donors (Lipinski definition) is 1. The Morgan fingerprint density at radius 3 is 2.62 bits per heavy atom. The molecule has 0 amide bonds. The van der Waals surface area contributed by atoms with Crippen LogP contribution in [0.2, 0.25) is 0 Å². The van der Waals surface area contributed by atoms with E-state index in [1.54, 1.807) is 36.7 Å². The number of aromatic nitrogens is 2. The van der Waals surface area contributed by atoms with E-state index >= 15 is 0 Å². The van der Waals surface area contributed by atoms with Gasteiger partial charge in [-0.2, -0.15) is 0 Å². The van der Waals surface area contributed by atoms with Gasteiger partial charge in [0.2, 0.25) is 5.88 Å². The van der Waals surface area contributed by atoms with Crippen LogP contribution in [0, 0.1) is 5.82 Å². The third kappa shape index (κ3) is 2.20. The van der Waals surface area contributed by atoms with E-state index in [-0.39, 0.29) is 11.4 Å². The average molecular weight is 285 g/mol. The van der Waals surface area contributed by atoms with E-state index < -0.39 is 5.82 Å². The molecule has 0 spiro atoms. The Labute approximate surface area is 120 Å². The Hall–Kier alpha value is -2.89. The van der Waals surface area contributed by atoms with Crippen LogP contribution in [-0.4, -0.2) is 17.3 Å². The van der Waals surface area contributed by atoms with E-state index in [1.807, 2.05) is 0 Å². The van der Waals surface area contributed by atoms with Crippen LogP contribution in [0.1, 0.15) is 0 Å². The van der Waals surface area contributed by atoms with Crippen molar-refractivity contribution < 1.29 is 13.7 Å². The van der Waals surface area contributed by atoms with Gasteiger partial charge in [-0.05, 0) is 29.8 Å². The minimum absolute atomic E-state index is 0.113. The molecule has 0 atom stereocenters. The number of hydrogen-bond acceptors (Lipinski definition) is 5. The number of halogens is 1. The summed E-state index contributed by atoms with van der Waals surface area (Å²) < 4.78 is 24.5. The van der Waals surface area contributed by atoms with Crippen LogP contribution in [0.25, 0.3) is 22.4 Å². The smallest absolute Gasteiger partial charge is 0.230 e. The third-order valence-electron chi connectivity index (χ3n) is 3.12. The zero-order valence-corrected chi connectivity index (χ0v) is 11.2. The predicted octanol–water partition coefficient (Wildman–Crippen LogP) is 3.13. The maximum atomic E-state index is 14.2. The van der Waals surface area contributed by atoms with E-state index in [4.69, 9.17) is 15.0 Å². The summed E-state index contributed by atoms with van der Waals surface area (Å²) in [6.07, 6.45) is 3.23. The lowest BCUT2D eigenvalue weighted by Gasteiger charge is -2.08. The number of anilines is 1. The molecular weight excluding hydrogens is 273 g/mol. The molecule has 2 aromatic heterocycles. The standard InChI is InChI=1S/C15H12FN3O2/c1-20-11-4-2-3-10(16)13(11)14-12(15(17)21-19-14)9-5-7-18-8-6-9/h2-8H,17H2,1H3. The van der Waals surface area contributed by atoms with Crippen LogP contribution in [0.4, 0.5) is 10.3 Å². The van der Waals surface area contributed by atoms with Crippen molar-refractivity contribution in [2.75, 3.05) is 12.8 Å². The van der Waals surface area contributed by atoms with Crippen LogP contribution in [0.3, 0.4) is 0 Å². The van der Waals surface area contributed by atoms with Gasteiger partial charge >= 0.3 is 0 Å². The van der Waals surface area contributed by atoms with E-state index in [9.17, 15) is 4.39 Å². The highest BCUT2D eigenvalue weighted by Crippen LogP contribution is 2.40. The van der Waals surface area contributed by atoms with E-state index in [2.05, 4.69) is 10.1 Å². The van der Waals surface area contributed by atoms with Gasteiger partial charge in [-0.1, -0.05) is 11.2 Å². The van der Waals surface area contributed by atoms with Crippen molar-refractivity contribution in [2.45, 2.75) is 0 Å². The number of benzene rings is 1. The SMILES string of the molecule is COc1cccc(F)c1-c1noc(N)c1-c1ccncc1. The van der Waals surface area contributed by atoms with Crippen molar-refractivity contribution in [1.82, 2.24) is 10.1 Å². The monoisotopic (exact) mass is 285 g/mol. The Morgan fingerprint density at radius 1 is 1.14 bits per heavy atom. The van der Waals surface area contributed by atoms with Crippen LogP contribution in [0.5, 0.6) is 5.75 Å². The van der Waals surface area contributed by atoms with Crippen LogP contribution < -0.4 is 10.5 Å². The van der Waals surface area contributed by atoms with Gasteiger partial charge in [0.15, 0.2) is 0 Å². The molecule has 0 aliphatic rings. The van der Waals surface area contributed by atoms with Gasteiger partial charge in [-0.15, -0.1) is 0 Å². The zero-order chi connectivity index (χ0) is 14.8. The predicted molar refractivity (Wildman–Crippen MR) is 76.1 cm³/mol. The fourth-order valence-corrected chi connectivity index (χ4v) is 2.18. The summed E-state index contributed by atoms with van der Waals surface area (Å²) in [7, 11) is 1.47. The second-order valence-corrected chi connectivity index (χ2v) is 4.32. The molecule has 2 heterocycles. The van der Waals surface area contributed by atoms with Crippen molar-refractivity contribution in [3.8, 4) is 28.1 Å². The van der Waals surface area contributed by atoms with Crippen LogP contribution >= 0.6 is 0 Å². The number of nitrogens with two attached hydrogens (primary N) is 1. The van der Waals surface area contributed by atoms with Crippen LogP contribution in [-0.2, 0) is 0 Å². The Kier molecular flexibility index (Phi) is 3.27. The number of nitrogen functional groups attached to an aromatic ring is 1. The summed E-state index contributed by atoms with van der Waals surface area (Å²) >= 11 is 0. The number of methoxy groups -OCH3 is 1. The molecule has 0 fully saturated rings. The molecule has 3 rings (SSSR count). The van der Waals surface area contributed by atoms with E-state index in [0.717, 1.165) is 5.56 Å². The molecule has 3 aromatic rings. The molecule has 0 saturated carbocycles. The molecule has 21 heavy (non-hydrogen) atoms. The molecule has 106 valence electrons. The largest absolute Gasteiger partial charge is 0.496 e. The number of nitrogens with zero attached hydrogens (tertiary/aromatic N) is 2. The first-order valence-corrected chi connectivity index (χ1v) is 6.20. The highest BCUT2D eigenvalue weighted by molar-refractivity contribution is 5.88. The molecule has 0 aliphatic heterocycles. The number of pyridine rings is 1. The first-order chi connectivity index (χ1) is 10.2. The van der Waals surface area contributed by atoms with Gasteiger partial charge in [0.1, 0.15) is 17.3 Å². The molecule has 1 aromatic carbocycles. The summed E-state index contributed by atoms with van der Waals surface area (Å²) in [5.41, 5.74) is 7.61. The molecule has 0 saturated heterocycles. The van der Waals surface area contributed by atoms with Gasteiger partial charge in [0, 0.05) is 12.4 Å². The minimum atomic E-state index is -0.460. The molecule has 2 N–H and O–H groups in total. The molecule has 0 bridgehead atoms. The molecule has 6 heteroatoms. The summed E-state index contributed by atoms with van der Waals surface area (Å²) in [6.45, 7) is 0. The zero-order valence-electron chi connectivity index (χ0n) is 11.2. The summed E-state index contributed by atoms with van der Waals surface area (Å²) in [5, 5.41) is 3.89. The lowest BCUT2D eigenvalue weighted by atomic mass is 10.0. The van der Waals surface area contributed by atoms with Gasteiger partial charge < -0.3 is 15.0 Å². The molecule has 0 unspecified atom stereocenters.